The number of carbonyl (C=O) groups excluding carboxylic acids is 1. The maximum atomic E-state index is 13.1. The van der Waals surface area contributed by atoms with Crippen LogP contribution >= 0.6 is 11.3 Å². The first-order chi connectivity index (χ1) is 9.60. The van der Waals surface area contributed by atoms with Gasteiger partial charge in [-0.3, -0.25) is 4.79 Å². The number of thiophene rings is 1. The highest BCUT2D eigenvalue weighted by Crippen LogP contribution is 2.19. The zero-order valence-corrected chi connectivity index (χ0v) is 11.6. The van der Waals surface area contributed by atoms with Gasteiger partial charge in [0.05, 0.1) is 9.75 Å². The maximum absolute atomic E-state index is 13.1. The molecule has 20 heavy (non-hydrogen) atoms. The van der Waals surface area contributed by atoms with Crippen molar-refractivity contribution in [3.63, 3.8) is 0 Å². The summed E-state index contributed by atoms with van der Waals surface area (Å²) >= 11 is 1.24. The van der Waals surface area contributed by atoms with Crippen LogP contribution in [0.4, 0.5) is 10.1 Å². The summed E-state index contributed by atoms with van der Waals surface area (Å²) in [5.74, 6) is 4.69. The van der Waals surface area contributed by atoms with Gasteiger partial charge in [0.2, 0.25) is 0 Å². The number of aliphatic hydroxyl groups excluding tert-OH is 1. The molecular formula is C15H12FNO2S. The number of nitrogens with one attached hydrogen (secondary N) is 1. The number of amides is 1. The predicted molar refractivity (Wildman–Crippen MR) is 77.4 cm³/mol. The van der Waals surface area contributed by atoms with Gasteiger partial charge < -0.3 is 10.4 Å². The minimum Gasteiger partial charge on any atom is -0.384 e. The molecule has 0 atom stereocenters. The molecule has 2 aromatic rings. The van der Waals surface area contributed by atoms with Crippen LogP contribution in [0.2, 0.25) is 0 Å². The van der Waals surface area contributed by atoms with Crippen molar-refractivity contribution >= 4 is 22.9 Å². The van der Waals surface area contributed by atoms with E-state index in [9.17, 15) is 9.18 Å². The number of aryl methyl sites for hydroxylation is 1. The molecule has 0 aliphatic rings. The summed E-state index contributed by atoms with van der Waals surface area (Å²) in [6, 6.07) is 7.79. The van der Waals surface area contributed by atoms with E-state index in [0.717, 1.165) is 0 Å². The van der Waals surface area contributed by atoms with Gasteiger partial charge >= 0.3 is 0 Å². The van der Waals surface area contributed by atoms with Crippen molar-refractivity contribution in [1.82, 2.24) is 0 Å². The van der Waals surface area contributed by atoms with Crippen LogP contribution in [0.1, 0.15) is 20.1 Å². The Morgan fingerprint density at radius 3 is 2.90 bits per heavy atom. The molecule has 5 heteroatoms. The van der Waals surface area contributed by atoms with Crippen LogP contribution in [0.25, 0.3) is 0 Å². The van der Waals surface area contributed by atoms with Crippen molar-refractivity contribution in [2.24, 2.45) is 0 Å². The van der Waals surface area contributed by atoms with Gasteiger partial charge in [-0.2, -0.15) is 0 Å². The Bertz CT molecular complexity index is 697. The summed E-state index contributed by atoms with van der Waals surface area (Å²) in [5, 5.41) is 11.3. The summed E-state index contributed by atoms with van der Waals surface area (Å²) in [7, 11) is 0. The molecule has 0 radical (unpaired) electrons. The van der Waals surface area contributed by atoms with Crippen molar-refractivity contribution in [3.8, 4) is 11.8 Å². The minimum absolute atomic E-state index is 0.214. The first-order valence-corrected chi connectivity index (χ1v) is 6.69. The molecule has 1 aromatic carbocycles. The van der Waals surface area contributed by atoms with E-state index < -0.39 is 0 Å². The second kappa shape index (κ2) is 6.33. The SMILES string of the molecule is Cc1cc(NC(=O)c2ccc(C#CCO)s2)ccc1F. The molecule has 2 N–H and O–H groups in total. The van der Waals surface area contributed by atoms with E-state index in [2.05, 4.69) is 17.2 Å². The van der Waals surface area contributed by atoms with Crippen LogP contribution in [0.3, 0.4) is 0 Å². The Labute approximate surface area is 120 Å². The average Bonchev–Trinajstić information content (AvgIpc) is 2.89. The quantitative estimate of drug-likeness (QED) is 0.835. The fraction of sp³-hybridized carbons (Fsp3) is 0.133. The van der Waals surface area contributed by atoms with Gasteiger partial charge in [-0.05, 0) is 42.8 Å². The van der Waals surface area contributed by atoms with Gasteiger partial charge in [0.25, 0.3) is 5.91 Å². The lowest BCUT2D eigenvalue weighted by Gasteiger charge is -2.05. The van der Waals surface area contributed by atoms with E-state index in [4.69, 9.17) is 5.11 Å². The topological polar surface area (TPSA) is 49.3 Å². The average molecular weight is 289 g/mol. The van der Waals surface area contributed by atoms with Crippen molar-refractivity contribution in [3.05, 3.63) is 51.5 Å². The number of hydrogen-bond acceptors (Lipinski definition) is 3. The van der Waals surface area contributed by atoms with Crippen LogP contribution in [-0.2, 0) is 0 Å². The number of hydrogen-bond donors (Lipinski definition) is 2. The number of aliphatic hydroxyl groups is 1. The molecule has 0 saturated heterocycles. The molecule has 0 saturated carbocycles. The molecule has 0 bridgehead atoms. The summed E-state index contributed by atoms with van der Waals surface area (Å²) < 4.78 is 13.1. The molecule has 0 unspecified atom stereocenters. The number of anilines is 1. The van der Waals surface area contributed by atoms with Gasteiger partial charge in [-0.15, -0.1) is 11.3 Å². The smallest absolute Gasteiger partial charge is 0.265 e. The standard InChI is InChI=1S/C15H12FNO2S/c1-10-9-11(4-6-13(10)16)17-15(19)14-7-5-12(20-14)3-2-8-18/h4-7,9,18H,8H2,1H3,(H,17,19). The van der Waals surface area contributed by atoms with Crippen molar-refractivity contribution in [2.45, 2.75) is 6.92 Å². The summed E-state index contributed by atoms with van der Waals surface area (Å²) in [6.07, 6.45) is 0. The molecule has 3 nitrogen and oxygen atoms in total. The van der Waals surface area contributed by atoms with E-state index in [1.165, 1.54) is 23.5 Å². The Morgan fingerprint density at radius 1 is 1.40 bits per heavy atom. The van der Waals surface area contributed by atoms with Crippen LogP contribution in [0, 0.1) is 24.6 Å². The zero-order valence-electron chi connectivity index (χ0n) is 10.7. The Balaban J connectivity index is 2.11. The van der Waals surface area contributed by atoms with Crippen molar-refractivity contribution in [2.75, 3.05) is 11.9 Å². The normalized spacial score (nSPS) is 9.75. The third kappa shape index (κ3) is 3.44. The maximum Gasteiger partial charge on any atom is 0.265 e. The Hall–Kier alpha value is -2.16. The van der Waals surface area contributed by atoms with Gasteiger partial charge in [-0.25, -0.2) is 4.39 Å². The van der Waals surface area contributed by atoms with Crippen LogP contribution < -0.4 is 5.32 Å². The first kappa shape index (κ1) is 14.3. The summed E-state index contributed by atoms with van der Waals surface area (Å²) in [4.78, 5) is 13.2. The Morgan fingerprint density at radius 2 is 2.20 bits per heavy atom. The fourth-order valence-electron chi connectivity index (χ4n) is 1.57. The monoisotopic (exact) mass is 289 g/mol. The lowest BCUT2D eigenvalue weighted by atomic mass is 10.2. The van der Waals surface area contributed by atoms with E-state index >= 15 is 0 Å². The largest absolute Gasteiger partial charge is 0.384 e. The van der Waals surface area contributed by atoms with E-state index in [0.29, 0.717) is 21.0 Å². The molecule has 0 aliphatic carbocycles. The molecular weight excluding hydrogens is 277 g/mol. The minimum atomic E-state index is -0.305. The number of halogens is 1. The summed E-state index contributed by atoms with van der Waals surface area (Å²) in [5.41, 5.74) is 1.02. The zero-order chi connectivity index (χ0) is 14.5. The van der Waals surface area contributed by atoms with Gasteiger partial charge in [0.1, 0.15) is 12.4 Å². The van der Waals surface area contributed by atoms with E-state index in [-0.39, 0.29) is 18.3 Å². The second-order valence-electron chi connectivity index (χ2n) is 4.04. The second-order valence-corrected chi connectivity index (χ2v) is 5.13. The highest BCUT2D eigenvalue weighted by atomic mass is 32.1. The lowest BCUT2D eigenvalue weighted by Crippen LogP contribution is -2.10. The molecule has 0 aliphatic heterocycles. The number of benzene rings is 1. The van der Waals surface area contributed by atoms with E-state index in [1.807, 2.05) is 0 Å². The van der Waals surface area contributed by atoms with Gasteiger partial charge in [0.15, 0.2) is 0 Å². The van der Waals surface area contributed by atoms with E-state index in [1.54, 1.807) is 25.1 Å². The molecule has 1 heterocycles. The molecule has 1 aromatic heterocycles. The molecule has 1 amide bonds. The predicted octanol–water partition coefficient (Wildman–Crippen LogP) is 2.79. The molecule has 102 valence electrons. The van der Waals surface area contributed by atoms with Crippen LogP contribution in [-0.4, -0.2) is 17.6 Å². The molecule has 2 rings (SSSR count). The molecule has 0 fully saturated rings. The third-order valence-electron chi connectivity index (χ3n) is 2.54. The highest BCUT2D eigenvalue weighted by Gasteiger charge is 2.09. The first-order valence-electron chi connectivity index (χ1n) is 5.87. The van der Waals surface area contributed by atoms with Crippen LogP contribution in [0.5, 0.6) is 0 Å². The van der Waals surface area contributed by atoms with Gasteiger partial charge in [0, 0.05) is 5.69 Å². The number of rotatable bonds is 2. The van der Waals surface area contributed by atoms with Crippen molar-refractivity contribution in [1.29, 1.82) is 0 Å². The van der Waals surface area contributed by atoms with Crippen molar-refractivity contribution < 1.29 is 14.3 Å². The number of carbonyl (C=O) groups is 1. The lowest BCUT2D eigenvalue weighted by molar-refractivity contribution is 0.103. The summed E-state index contributed by atoms with van der Waals surface area (Å²) in [6.45, 7) is 1.42. The Kier molecular flexibility index (Phi) is 4.51. The van der Waals surface area contributed by atoms with Gasteiger partial charge in [-0.1, -0.05) is 11.8 Å². The third-order valence-corrected chi connectivity index (χ3v) is 3.54. The van der Waals surface area contributed by atoms with Crippen LogP contribution in [0.15, 0.2) is 30.3 Å². The highest BCUT2D eigenvalue weighted by molar-refractivity contribution is 7.14. The fourth-order valence-corrected chi connectivity index (χ4v) is 2.34. The molecule has 0 spiro atoms.